The third-order valence-electron chi connectivity index (χ3n) is 3.93. The summed E-state index contributed by atoms with van der Waals surface area (Å²) in [4.78, 5) is 38.1. The summed E-state index contributed by atoms with van der Waals surface area (Å²) >= 11 is 0. The van der Waals surface area contributed by atoms with E-state index in [9.17, 15) is 18.8 Å². The van der Waals surface area contributed by atoms with E-state index in [2.05, 4.69) is 0 Å². The smallest absolute Gasteiger partial charge is 0.326 e. The molecule has 1 saturated heterocycles. The number of anilines is 1. The van der Waals surface area contributed by atoms with E-state index in [0.717, 1.165) is 4.90 Å². The van der Waals surface area contributed by atoms with E-state index >= 15 is 0 Å². The third-order valence-corrected chi connectivity index (χ3v) is 3.93. The molecule has 0 saturated carbocycles. The first-order chi connectivity index (χ1) is 10.3. The standard InChI is InChI=1S/C15H17FN2O4/c1-9(15(21)22)17(2)13(19)12-7-8-18(14(12)20)11-5-3-10(16)4-6-11/h3-6,9,12H,7-8H2,1-2H3,(H,21,22). The molecule has 1 aliphatic heterocycles. The molecule has 0 aromatic heterocycles. The number of halogens is 1. The van der Waals surface area contributed by atoms with Crippen LogP contribution < -0.4 is 4.90 Å². The van der Waals surface area contributed by atoms with E-state index in [0.29, 0.717) is 18.7 Å². The summed E-state index contributed by atoms with van der Waals surface area (Å²) in [6.07, 6.45) is 0.311. The van der Waals surface area contributed by atoms with E-state index in [-0.39, 0.29) is 5.91 Å². The van der Waals surface area contributed by atoms with Gasteiger partial charge in [-0.2, -0.15) is 0 Å². The van der Waals surface area contributed by atoms with Crippen LogP contribution in [0.25, 0.3) is 0 Å². The molecule has 1 aromatic carbocycles. The van der Waals surface area contributed by atoms with Gasteiger partial charge in [-0.3, -0.25) is 9.59 Å². The molecule has 1 N–H and O–H groups in total. The zero-order chi connectivity index (χ0) is 16.4. The summed E-state index contributed by atoms with van der Waals surface area (Å²) in [6, 6.07) is 4.44. The Morgan fingerprint density at radius 3 is 2.50 bits per heavy atom. The van der Waals surface area contributed by atoms with Gasteiger partial charge in [0.25, 0.3) is 0 Å². The van der Waals surface area contributed by atoms with Crippen molar-refractivity contribution in [2.45, 2.75) is 19.4 Å². The lowest BCUT2D eigenvalue weighted by atomic mass is 10.1. The van der Waals surface area contributed by atoms with Gasteiger partial charge < -0.3 is 14.9 Å². The average molecular weight is 308 g/mol. The van der Waals surface area contributed by atoms with Gasteiger partial charge in [-0.1, -0.05) is 0 Å². The molecule has 0 radical (unpaired) electrons. The number of hydrogen-bond acceptors (Lipinski definition) is 3. The molecule has 7 heteroatoms. The van der Waals surface area contributed by atoms with Gasteiger partial charge in [0.15, 0.2) is 0 Å². The zero-order valence-corrected chi connectivity index (χ0v) is 12.3. The molecule has 2 atom stereocenters. The molecule has 2 rings (SSSR count). The molecule has 22 heavy (non-hydrogen) atoms. The second kappa shape index (κ2) is 6.13. The Hall–Kier alpha value is -2.44. The maximum Gasteiger partial charge on any atom is 0.326 e. The van der Waals surface area contributed by atoms with E-state index in [1.54, 1.807) is 0 Å². The Morgan fingerprint density at radius 2 is 1.95 bits per heavy atom. The predicted molar refractivity (Wildman–Crippen MR) is 76.7 cm³/mol. The van der Waals surface area contributed by atoms with Gasteiger partial charge in [0.2, 0.25) is 11.8 Å². The minimum atomic E-state index is -1.13. The molecule has 0 bridgehead atoms. The van der Waals surface area contributed by atoms with E-state index < -0.39 is 29.7 Å². The van der Waals surface area contributed by atoms with Crippen molar-refractivity contribution in [3.8, 4) is 0 Å². The normalized spacial score (nSPS) is 19.1. The lowest BCUT2D eigenvalue weighted by Gasteiger charge is -2.24. The van der Waals surface area contributed by atoms with Crippen molar-refractivity contribution in [1.82, 2.24) is 4.90 Å². The van der Waals surface area contributed by atoms with Crippen molar-refractivity contribution >= 4 is 23.5 Å². The number of carbonyl (C=O) groups excluding carboxylic acids is 2. The van der Waals surface area contributed by atoms with E-state index in [1.165, 1.54) is 43.1 Å². The third kappa shape index (κ3) is 2.93. The first kappa shape index (κ1) is 15.9. The average Bonchev–Trinajstić information content (AvgIpc) is 2.87. The lowest BCUT2D eigenvalue weighted by Crippen LogP contribution is -2.45. The molecule has 2 amide bonds. The Bertz CT molecular complexity index is 602. The molecule has 1 aromatic rings. The van der Waals surface area contributed by atoms with Crippen LogP contribution in [0.4, 0.5) is 10.1 Å². The number of amides is 2. The van der Waals surface area contributed by atoms with Gasteiger partial charge in [-0.25, -0.2) is 9.18 Å². The molecule has 1 heterocycles. The van der Waals surface area contributed by atoms with Crippen LogP contribution in [0, 0.1) is 11.7 Å². The number of carboxylic acid groups (broad SMARTS) is 1. The first-order valence-electron chi connectivity index (χ1n) is 6.89. The molecule has 1 fully saturated rings. The van der Waals surface area contributed by atoms with Gasteiger partial charge in [0.1, 0.15) is 17.8 Å². The monoisotopic (exact) mass is 308 g/mol. The number of likely N-dealkylation sites (N-methyl/N-ethyl adjacent to an activating group) is 1. The van der Waals surface area contributed by atoms with Gasteiger partial charge in [0.05, 0.1) is 0 Å². The molecule has 6 nitrogen and oxygen atoms in total. The van der Waals surface area contributed by atoms with Crippen LogP contribution in [-0.4, -0.2) is 47.4 Å². The molecule has 2 unspecified atom stereocenters. The van der Waals surface area contributed by atoms with Crippen molar-refractivity contribution in [1.29, 1.82) is 0 Å². The lowest BCUT2D eigenvalue weighted by molar-refractivity contribution is -0.151. The van der Waals surface area contributed by atoms with E-state index in [4.69, 9.17) is 5.11 Å². The molecular weight excluding hydrogens is 291 g/mol. The summed E-state index contributed by atoms with van der Waals surface area (Å²) in [6.45, 7) is 1.73. The Balaban J connectivity index is 2.12. The maximum atomic E-state index is 12.9. The Morgan fingerprint density at radius 1 is 1.36 bits per heavy atom. The summed E-state index contributed by atoms with van der Waals surface area (Å²) in [5, 5.41) is 8.94. The minimum Gasteiger partial charge on any atom is -0.480 e. The van der Waals surface area contributed by atoms with Gasteiger partial charge in [-0.05, 0) is 37.6 Å². The number of hydrogen-bond donors (Lipinski definition) is 1. The number of carboxylic acids is 1. The largest absolute Gasteiger partial charge is 0.480 e. The first-order valence-corrected chi connectivity index (χ1v) is 6.89. The summed E-state index contributed by atoms with van der Waals surface area (Å²) in [5.74, 6) is -3.32. The maximum absolute atomic E-state index is 12.9. The van der Waals surface area contributed by atoms with Crippen LogP contribution in [0.3, 0.4) is 0 Å². The number of aliphatic carboxylic acids is 1. The van der Waals surface area contributed by atoms with Crippen LogP contribution in [0.1, 0.15) is 13.3 Å². The summed E-state index contributed by atoms with van der Waals surface area (Å²) < 4.78 is 12.9. The highest BCUT2D eigenvalue weighted by atomic mass is 19.1. The highest BCUT2D eigenvalue weighted by molar-refractivity contribution is 6.10. The van der Waals surface area contributed by atoms with Gasteiger partial charge >= 0.3 is 5.97 Å². The number of rotatable bonds is 4. The van der Waals surface area contributed by atoms with Gasteiger partial charge in [-0.15, -0.1) is 0 Å². The predicted octanol–water partition coefficient (Wildman–Crippen LogP) is 1.11. The molecular formula is C15H17FN2O4. The van der Waals surface area contributed by atoms with Crippen LogP contribution in [0.5, 0.6) is 0 Å². The molecule has 1 aliphatic rings. The fourth-order valence-electron chi connectivity index (χ4n) is 2.39. The second-order valence-corrected chi connectivity index (χ2v) is 5.27. The van der Waals surface area contributed by atoms with Crippen molar-refractivity contribution in [3.05, 3.63) is 30.1 Å². The highest BCUT2D eigenvalue weighted by Crippen LogP contribution is 2.26. The van der Waals surface area contributed by atoms with Crippen molar-refractivity contribution in [2.75, 3.05) is 18.5 Å². The molecule has 0 spiro atoms. The second-order valence-electron chi connectivity index (χ2n) is 5.27. The Kier molecular flexibility index (Phi) is 4.44. The SMILES string of the molecule is CC(C(=O)O)N(C)C(=O)C1CCN(c2ccc(F)cc2)C1=O. The quantitative estimate of drug-likeness (QED) is 0.845. The number of benzene rings is 1. The highest BCUT2D eigenvalue weighted by Gasteiger charge is 2.40. The Labute approximate surface area is 127 Å². The van der Waals surface area contributed by atoms with Crippen LogP contribution in [0.15, 0.2) is 24.3 Å². The molecule has 118 valence electrons. The molecule has 0 aliphatic carbocycles. The topological polar surface area (TPSA) is 77.9 Å². The summed E-state index contributed by atoms with van der Waals surface area (Å²) in [7, 11) is 1.37. The van der Waals surface area contributed by atoms with Crippen LogP contribution in [-0.2, 0) is 14.4 Å². The van der Waals surface area contributed by atoms with Crippen molar-refractivity contribution < 1.29 is 23.9 Å². The number of carbonyl (C=O) groups is 3. The van der Waals surface area contributed by atoms with Crippen molar-refractivity contribution in [2.24, 2.45) is 5.92 Å². The minimum absolute atomic E-state index is 0.311. The van der Waals surface area contributed by atoms with Crippen LogP contribution in [0.2, 0.25) is 0 Å². The fourth-order valence-corrected chi connectivity index (χ4v) is 2.39. The van der Waals surface area contributed by atoms with Crippen molar-refractivity contribution in [3.63, 3.8) is 0 Å². The zero-order valence-electron chi connectivity index (χ0n) is 12.3. The summed E-state index contributed by atoms with van der Waals surface area (Å²) in [5.41, 5.74) is 0.524. The fraction of sp³-hybridized carbons (Fsp3) is 0.400. The van der Waals surface area contributed by atoms with Gasteiger partial charge in [0, 0.05) is 19.3 Å². The number of nitrogens with zero attached hydrogens (tertiary/aromatic N) is 2. The van der Waals surface area contributed by atoms with E-state index in [1.807, 2.05) is 0 Å². The van der Waals surface area contributed by atoms with Crippen LogP contribution >= 0.6 is 0 Å².